The minimum absolute atomic E-state index is 0.0954. The van der Waals surface area contributed by atoms with Gasteiger partial charge in [-0.3, -0.25) is 0 Å². The predicted octanol–water partition coefficient (Wildman–Crippen LogP) is 2.88. The Morgan fingerprint density at radius 2 is 1.35 bits per heavy atom. The third kappa shape index (κ3) is 5.68. The van der Waals surface area contributed by atoms with Crippen molar-refractivity contribution in [3.8, 4) is 12.0 Å². The Morgan fingerprint density at radius 1 is 0.882 bits per heavy atom. The van der Waals surface area contributed by atoms with Gasteiger partial charge in [0.1, 0.15) is 0 Å². The van der Waals surface area contributed by atoms with Crippen molar-refractivity contribution in [3.05, 3.63) is 5.28 Å². The lowest BCUT2D eigenvalue weighted by Gasteiger charge is -2.06. The summed E-state index contributed by atoms with van der Waals surface area (Å²) in [6.45, 7) is 5.32. The van der Waals surface area contributed by atoms with Gasteiger partial charge in [-0.25, -0.2) is 0 Å². The highest BCUT2D eigenvalue weighted by Gasteiger charge is 2.06. The second-order valence-corrected chi connectivity index (χ2v) is 3.91. The Hall–Kier alpha value is -1.10. The van der Waals surface area contributed by atoms with E-state index in [1.165, 1.54) is 0 Å². The van der Waals surface area contributed by atoms with Gasteiger partial charge < -0.3 is 9.47 Å². The predicted molar refractivity (Wildman–Crippen MR) is 65.6 cm³/mol. The quantitative estimate of drug-likeness (QED) is 0.672. The molecule has 0 fully saturated rings. The SMILES string of the molecule is CCCCOc1nc(Cl)nc(OCCCC)n1. The number of nitrogens with zero attached hydrogens (tertiary/aromatic N) is 3. The van der Waals surface area contributed by atoms with Crippen LogP contribution in [0.1, 0.15) is 39.5 Å². The van der Waals surface area contributed by atoms with Gasteiger partial charge in [-0.05, 0) is 24.4 Å². The van der Waals surface area contributed by atoms with Crippen molar-refractivity contribution < 1.29 is 9.47 Å². The van der Waals surface area contributed by atoms with Crippen LogP contribution in [0.3, 0.4) is 0 Å². The number of aromatic nitrogens is 3. The summed E-state index contributed by atoms with van der Waals surface area (Å²) in [7, 11) is 0. The standard InChI is InChI=1S/C11H18ClN3O2/c1-3-5-7-16-10-13-9(12)14-11(15-10)17-8-6-4-2/h3-8H2,1-2H3. The van der Waals surface area contributed by atoms with E-state index in [1.54, 1.807) is 0 Å². The molecule has 0 bridgehead atoms. The fourth-order valence-electron chi connectivity index (χ4n) is 1.06. The lowest BCUT2D eigenvalue weighted by molar-refractivity contribution is 0.255. The molecule has 17 heavy (non-hydrogen) atoms. The first-order valence-electron chi connectivity index (χ1n) is 5.93. The Labute approximate surface area is 107 Å². The molecule has 0 unspecified atom stereocenters. The molecule has 0 atom stereocenters. The molecule has 0 N–H and O–H groups in total. The zero-order valence-corrected chi connectivity index (χ0v) is 11.0. The fraction of sp³-hybridized carbons (Fsp3) is 0.727. The molecule has 1 aromatic rings. The van der Waals surface area contributed by atoms with Gasteiger partial charge in [0.15, 0.2) is 0 Å². The van der Waals surface area contributed by atoms with Gasteiger partial charge in [0.25, 0.3) is 0 Å². The highest BCUT2D eigenvalue weighted by Crippen LogP contribution is 2.13. The minimum atomic E-state index is 0.0954. The summed E-state index contributed by atoms with van der Waals surface area (Å²) in [6, 6.07) is 0.454. The van der Waals surface area contributed by atoms with Crippen molar-refractivity contribution in [2.75, 3.05) is 13.2 Å². The van der Waals surface area contributed by atoms with Gasteiger partial charge >= 0.3 is 12.0 Å². The number of rotatable bonds is 8. The van der Waals surface area contributed by atoms with E-state index in [4.69, 9.17) is 21.1 Å². The first-order chi connectivity index (χ1) is 8.26. The van der Waals surface area contributed by atoms with E-state index < -0.39 is 0 Å². The molecule has 0 amide bonds. The average molecular weight is 260 g/mol. The minimum Gasteiger partial charge on any atom is -0.463 e. The lowest BCUT2D eigenvalue weighted by Crippen LogP contribution is -2.06. The Kier molecular flexibility index (Phi) is 6.62. The normalized spacial score (nSPS) is 10.3. The molecule has 0 aliphatic carbocycles. The van der Waals surface area contributed by atoms with Crippen LogP contribution in [0.5, 0.6) is 12.0 Å². The van der Waals surface area contributed by atoms with Crippen molar-refractivity contribution in [1.29, 1.82) is 0 Å². The van der Waals surface area contributed by atoms with E-state index in [0.29, 0.717) is 13.2 Å². The highest BCUT2D eigenvalue weighted by atomic mass is 35.5. The molecule has 6 heteroatoms. The number of halogens is 1. The summed E-state index contributed by atoms with van der Waals surface area (Å²) < 4.78 is 10.7. The van der Waals surface area contributed by atoms with E-state index in [1.807, 2.05) is 0 Å². The fourth-order valence-corrected chi connectivity index (χ4v) is 1.20. The van der Waals surface area contributed by atoms with Crippen LogP contribution in [-0.2, 0) is 0 Å². The third-order valence-corrected chi connectivity index (χ3v) is 2.19. The van der Waals surface area contributed by atoms with E-state index in [0.717, 1.165) is 25.7 Å². The molecule has 0 aromatic carbocycles. The van der Waals surface area contributed by atoms with Gasteiger partial charge in [-0.1, -0.05) is 26.7 Å². The maximum Gasteiger partial charge on any atom is 0.323 e. The van der Waals surface area contributed by atoms with Crippen LogP contribution in [0.4, 0.5) is 0 Å². The van der Waals surface area contributed by atoms with Gasteiger partial charge in [0.05, 0.1) is 13.2 Å². The lowest BCUT2D eigenvalue weighted by atomic mass is 10.4. The Morgan fingerprint density at radius 3 is 1.76 bits per heavy atom. The summed E-state index contributed by atoms with van der Waals surface area (Å²) in [5.41, 5.74) is 0. The first kappa shape index (κ1) is 14.0. The molecule has 1 heterocycles. The van der Waals surface area contributed by atoms with E-state index in [-0.39, 0.29) is 17.3 Å². The number of ether oxygens (including phenoxy) is 2. The molecular weight excluding hydrogens is 242 g/mol. The van der Waals surface area contributed by atoms with Gasteiger partial charge in [-0.15, -0.1) is 4.98 Å². The molecule has 1 aromatic heterocycles. The third-order valence-electron chi connectivity index (χ3n) is 2.03. The smallest absolute Gasteiger partial charge is 0.323 e. The zero-order valence-electron chi connectivity index (χ0n) is 10.3. The Balaban J connectivity index is 2.53. The molecule has 1 rings (SSSR count). The van der Waals surface area contributed by atoms with Crippen LogP contribution in [-0.4, -0.2) is 28.2 Å². The molecule has 0 saturated carbocycles. The van der Waals surface area contributed by atoms with Gasteiger partial charge in [0.2, 0.25) is 5.28 Å². The summed E-state index contributed by atoms with van der Waals surface area (Å²) in [4.78, 5) is 11.8. The van der Waals surface area contributed by atoms with Crippen LogP contribution in [0.15, 0.2) is 0 Å². The molecular formula is C11H18ClN3O2. The summed E-state index contributed by atoms with van der Waals surface area (Å²) in [5.74, 6) is 0. The molecule has 96 valence electrons. The van der Waals surface area contributed by atoms with Crippen LogP contribution in [0.25, 0.3) is 0 Å². The molecule has 0 radical (unpaired) electrons. The first-order valence-corrected chi connectivity index (χ1v) is 6.31. The molecule has 0 saturated heterocycles. The van der Waals surface area contributed by atoms with Crippen LogP contribution in [0.2, 0.25) is 5.28 Å². The zero-order chi connectivity index (χ0) is 12.5. The topological polar surface area (TPSA) is 57.1 Å². The van der Waals surface area contributed by atoms with E-state index >= 15 is 0 Å². The maximum atomic E-state index is 5.75. The second-order valence-electron chi connectivity index (χ2n) is 3.57. The van der Waals surface area contributed by atoms with Gasteiger partial charge in [-0.2, -0.15) is 9.97 Å². The van der Waals surface area contributed by atoms with Crippen LogP contribution >= 0.6 is 11.6 Å². The van der Waals surface area contributed by atoms with Crippen LogP contribution in [0, 0.1) is 0 Å². The number of unbranched alkanes of at least 4 members (excludes halogenated alkanes) is 2. The largest absolute Gasteiger partial charge is 0.463 e. The van der Waals surface area contributed by atoms with Gasteiger partial charge in [0, 0.05) is 0 Å². The van der Waals surface area contributed by atoms with Crippen molar-refractivity contribution in [3.63, 3.8) is 0 Å². The van der Waals surface area contributed by atoms with Crippen LogP contribution < -0.4 is 9.47 Å². The van der Waals surface area contributed by atoms with Crippen molar-refractivity contribution >= 4 is 11.6 Å². The molecule has 0 aliphatic rings. The maximum absolute atomic E-state index is 5.75. The summed E-state index contributed by atoms with van der Waals surface area (Å²) in [5, 5.41) is 0.0954. The highest BCUT2D eigenvalue weighted by molar-refractivity contribution is 6.28. The molecule has 0 spiro atoms. The van der Waals surface area contributed by atoms with Crippen molar-refractivity contribution in [2.24, 2.45) is 0 Å². The second kappa shape index (κ2) is 8.06. The molecule has 0 aliphatic heterocycles. The monoisotopic (exact) mass is 259 g/mol. The van der Waals surface area contributed by atoms with Crippen molar-refractivity contribution in [1.82, 2.24) is 15.0 Å². The van der Waals surface area contributed by atoms with E-state index in [9.17, 15) is 0 Å². The Bertz CT molecular complexity index is 308. The summed E-state index contributed by atoms with van der Waals surface area (Å²) >= 11 is 5.75. The number of hydrogen-bond acceptors (Lipinski definition) is 5. The molecule has 5 nitrogen and oxygen atoms in total. The average Bonchev–Trinajstić information content (AvgIpc) is 2.29. The number of hydrogen-bond donors (Lipinski definition) is 0. The van der Waals surface area contributed by atoms with Crippen molar-refractivity contribution in [2.45, 2.75) is 39.5 Å². The summed E-state index contributed by atoms with van der Waals surface area (Å²) in [6.07, 6.45) is 4.02. The van der Waals surface area contributed by atoms with E-state index in [2.05, 4.69) is 28.8 Å².